The molecule has 0 radical (unpaired) electrons. The van der Waals surface area contributed by atoms with Gasteiger partial charge in [0.2, 0.25) is 0 Å². The Hall–Kier alpha value is -0.520. The van der Waals surface area contributed by atoms with E-state index in [-0.39, 0.29) is 1.43 Å². The van der Waals surface area contributed by atoms with E-state index < -0.39 is 0 Å². The monoisotopic (exact) mass is 210 g/mol. The van der Waals surface area contributed by atoms with Crippen molar-refractivity contribution in [3.05, 3.63) is 24.3 Å². The first-order chi connectivity index (χ1) is 7.28. The van der Waals surface area contributed by atoms with Crippen molar-refractivity contribution in [1.29, 1.82) is 0 Å². The fourth-order valence-electron chi connectivity index (χ4n) is 2.07. The Morgan fingerprint density at radius 2 is 1.13 bits per heavy atom. The standard InChI is InChI=1S/C12H20.C3H8.H2/c1-3-5-11-7-9-12(6-4-2)10-8-11;1-3-2;/h3-6,11-12H,7-10H2,1-2H3;3H2,1-2H3;1H/b5-3+,6-4+;;. The molecule has 0 aromatic heterocycles. The van der Waals surface area contributed by atoms with Crippen molar-refractivity contribution in [2.24, 2.45) is 11.8 Å². The highest BCUT2D eigenvalue weighted by Gasteiger charge is 2.16. The number of hydrogen-bond acceptors (Lipinski definition) is 0. The van der Waals surface area contributed by atoms with Gasteiger partial charge in [0.15, 0.2) is 0 Å². The summed E-state index contributed by atoms with van der Waals surface area (Å²) in [6.45, 7) is 8.50. The smallest absolute Gasteiger partial charge is 0 e. The Bertz CT molecular complexity index is 154. The summed E-state index contributed by atoms with van der Waals surface area (Å²) >= 11 is 0. The van der Waals surface area contributed by atoms with Crippen molar-refractivity contribution < 1.29 is 1.43 Å². The lowest BCUT2D eigenvalue weighted by Gasteiger charge is -2.24. The molecule has 90 valence electrons. The summed E-state index contributed by atoms with van der Waals surface area (Å²) in [5.41, 5.74) is 0. The molecule has 1 aliphatic carbocycles. The van der Waals surface area contributed by atoms with E-state index in [2.05, 4.69) is 52.0 Å². The maximum absolute atomic E-state index is 2.37. The summed E-state index contributed by atoms with van der Waals surface area (Å²) in [6, 6.07) is 0. The quantitative estimate of drug-likeness (QED) is 0.520. The highest BCUT2D eigenvalue weighted by Crippen LogP contribution is 2.30. The molecule has 0 atom stereocenters. The van der Waals surface area contributed by atoms with Gasteiger partial charge in [-0.3, -0.25) is 0 Å². The summed E-state index contributed by atoms with van der Waals surface area (Å²) < 4.78 is 0. The second-order valence-electron chi connectivity index (χ2n) is 4.43. The molecule has 0 spiro atoms. The van der Waals surface area contributed by atoms with Crippen molar-refractivity contribution >= 4 is 0 Å². The van der Waals surface area contributed by atoms with Crippen LogP contribution in [0.2, 0.25) is 0 Å². The third-order valence-electron chi connectivity index (χ3n) is 2.75. The van der Waals surface area contributed by atoms with Gasteiger partial charge in [-0.1, -0.05) is 44.6 Å². The Morgan fingerprint density at radius 1 is 0.867 bits per heavy atom. The first kappa shape index (κ1) is 14.5. The van der Waals surface area contributed by atoms with Gasteiger partial charge in [-0.2, -0.15) is 0 Å². The van der Waals surface area contributed by atoms with Crippen molar-refractivity contribution in [3.63, 3.8) is 0 Å². The highest BCUT2D eigenvalue weighted by atomic mass is 14.2. The van der Waals surface area contributed by atoms with Crippen LogP contribution < -0.4 is 0 Å². The van der Waals surface area contributed by atoms with Crippen LogP contribution >= 0.6 is 0 Å². The molecule has 0 aromatic rings. The van der Waals surface area contributed by atoms with Crippen LogP contribution in [-0.4, -0.2) is 0 Å². The summed E-state index contributed by atoms with van der Waals surface area (Å²) in [7, 11) is 0. The van der Waals surface area contributed by atoms with Gasteiger partial charge in [0.05, 0.1) is 0 Å². The molecule has 1 rings (SSSR count). The van der Waals surface area contributed by atoms with Crippen LogP contribution in [0.5, 0.6) is 0 Å². The minimum Gasteiger partial charge on any atom is -0.0914 e. The molecule has 0 unspecified atom stereocenters. The average Bonchev–Trinajstić information content (AvgIpc) is 2.23. The van der Waals surface area contributed by atoms with E-state index in [0.717, 1.165) is 11.8 Å². The van der Waals surface area contributed by atoms with E-state index in [1.165, 1.54) is 32.1 Å². The second kappa shape index (κ2) is 10.0. The van der Waals surface area contributed by atoms with Crippen molar-refractivity contribution in [1.82, 2.24) is 0 Å². The maximum atomic E-state index is 2.37. The molecule has 0 amide bonds. The van der Waals surface area contributed by atoms with Crippen LogP contribution in [0.3, 0.4) is 0 Å². The maximum Gasteiger partial charge on any atom is 0 e. The van der Waals surface area contributed by atoms with Crippen LogP contribution in [-0.2, 0) is 0 Å². The zero-order valence-corrected chi connectivity index (χ0v) is 11.0. The molecule has 15 heavy (non-hydrogen) atoms. The summed E-state index contributed by atoms with van der Waals surface area (Å²) in [5.74, 6) is 1.74. The van der Waals surface area contributed by atoms with E-state index in [1.54, 1.807) is 0 Å². The molecule has 0 heteroatoms. The Kier molecular flexibility index (Phi) is 9.67. The number of allylic oxidation sites excluding steroid dienone is 4. The van der Waals surface area contributed by atoms with Crippen molar-refractivity contribution in [2.75, 3.05) is 0 Å². The van der Waals surface area contributed by atoms with Crippen LogP contribution in [0.25, 0.3) is 0 Å². The SMILES string of the molecule is C/C=C/C1CCC(/C=C/C)CC1.CCC.[HH]. The fraction of sp³-hybridized carbons (Fsp3) is 0.733. The molecule has 1 saturated carbocycles. The van der Waals surface area contributed by atoms with Crippen LogP contribution in [0, 0.1) is 11.8 Å². The average molecular weight is 210 g/mol. The Balaban J connectivity index is 0. The van der Waals surface area contributed by atoms with Gasteiger partial charge in [0.1, 0.15) is 0 Å². The second-order valence-corrected chi connectivity index (χ2v) is 4.43. The molecule has 0 N–H and O–H groups in total. The van der Waals surface area contributed by atoms with Gasteiger partial charge in [-0.25, -0.2) is 0 Å². The third-order valence-corrected chi connectivity index (χ3v) is 2.75. The van der Waals surface area contributed by atoms with Crippen molar-refractivity contribution in [2.45, 2.75) is 59.8 Å². The van der Waals surface area contributed by atoms with Gasteiger partial charge < -0.3 is 0 Å². The van der Waals surface area contributed by atoms with E-state index in [9.17, 15) is 0 Å². The summed E-state index contributed by atoms with van der Waals surface area (Å²) in [4.78, 5) is 0. The van der Waals surface area contributed by atoms with E-state index in [0.29, 0.717) is 0 Å². The lowest BCUT2D eigenvalue weighted by atomic mass is 9.82. The van der Waals surface area contributed by atoms with Crippen molar-refractivity contribution in [3.8, 4) is 0 Å². The summed E-state index contributed by atoms with van der Waals surface area (Å²) in [5, 5.41) is 0. The molecule has 0 aromatic carbocycles. The van der Waals surface area contributed by atoms with E-state index in [1.807, 2.05) is 0 Å². The predicted octanol–water partition coefficient (Wildman–Crippen LogP) is 5.61. The molecule has 0 heterocycles. The first-order valence-corrected chi connectivity index (χ1v) is 6.54. The molecule has 0 saturated heterocycles. The van der Waals surface area contributed by atoms with Gasteiger partial charge in [-0.15, -0.1) is 0 Å². The molecule has 1 fully saturated rings. The zero-order valence-electron chi connectivity index (χ0n) is 11.0. The fourth-order valence-corrected chi connectivity index (χ4v) is 2.07. The zero-order chi connectivity index (χ0) is 11.5. The van der Waals surface area contributed by atoms with E-state index >= 15 is 0 Å². The van der Waals surface area contributed by atoms with Gasteiger partial charge in [0.25, 0.3) is 0 Å². The Labute approximate surface area is 98.0 Å². The van der Waals surface area contributed by atoms with Crippen LogP contribution in [0.4, 0.5) is 0 Å². The topological polar surface area (TPSA) is 0 Å². The van der Waals surface area contributed by atoms with Crippen LogP contribution in [0.15, 0.2) is 24.3 Å². The van der Waals surface area contributed by atoms with Crippen LogP contribution in [0.1, 0.15) is 61.2 Å². The van der Waals surface area contributed by atoms with Gasteiger partial charge >= 0.3 is 0 Å². The lowest BCUT2D eigenvalue weighted by Crippen LogP contribution is -2.10. The molecule has 0 aliphatic heterocycles. The van der Waals surface area contributed by atoms with Gasteiger partial charge in [-0.05, 0) is 51.4 Å². The predicted molar refractivity (Wildman–Crippen MR) is 73.2 cm³/mol. The normalized spacial score (nSPS) is 26.7. The first-order valence-electron chi connectivity index (χ1n) is 6.54. The number of rotatable bonds is 2. The highest BCUT2D eigenvalue weighted by molar-refractivity contribution is 4.94. The minimum atomic E-state index is 0. The molecular weight excluding hydrogens is 180 g/mol. The summed E-state index contributed by atoms with van der Waals surface area (Å²) in [6.07, 6.45) is 15.9. The molecule has 0 bridgehead atoms. The largest absolute Gasteiger partial charge is 0.0914 e. The minimum absolute atomic E-state index is 0. The molecule has 1 aliphatic rings. The molecule has 0 nitrogen and oxygen atoms in total. The molecular formula is C15H30. The Morgan fingerprint density at radius 3 is 1.33 bits per heavy atom. The lowest BCUT2D eigenvalue weighted by molar-refractivity contribution is 0.356. The third kappa shape index (κ3) is 7.41. The number of hydrogen-bond donors (Lipinski definition) is 0. The van der Waals surface area contributed by atoms with E-state index in [4.69, 9.17) is 0 Å². The van der Waals surface area contributed by atoms with Gasteiger partial charge in [0, 0.05) is 1.43 Å².